The van der Waals surface area contributed by atoms with Gasteiger partial charge in [0.25, 0.3) is 15.9 Å². The molecule has 0 aliphatic heterocycles. The van der Waals surface area contributed by atoms with Gasteiger partial charge in [-0.15, -0.1) is 0 Å². The molecule has 0 heterocycles. The molecule has 1 N–H and O–H groups in total. The summed E-state index contributed by atoms with van der Waals surface area (Å²) in [6.07, 6.45) is 0. The van der Waals surface area contributed by atoms with E-state index < -0.39 is 10.0 Å². The van der Waals surface area contributed by atoms with Gasteiger partial charge in [0.05, 0.1) is 10.6 Å². The Morgan fingerprint density at radius 3 is 2.29 bits per heavy atom. The summed E-state index contributed by atoms with van der Waals surface area (Å²) in [5.41, 5.74) is 3.93. The number of carbonyl (C=O) groups is 1. The van der Waals surface area contributed by atoms with Gasteiger partial charge in [-0.05, 0) is 53.8 Å². The lowest BCUT2D eigenvalue weighted by Gasteiger charge is -2.18. The Bertz CT molecular complexity index is 1170. The second-order valence-corrected chi connectivity index (χ2v) is 9.69. The highest BCUT2D eigenvalue weighted by Gasteiger charge is 2.19. The van der Waals surface area contributed by atoms with Crippen molar-refractivity contribution in [3.8, 4) is 0 Å². The number of hydrogen-bond acceptors (Lipinski definition) is 3. The van der Waals surface area contributed by atoms with E-state index in [9.17, 15) is 13.2 Å². The van der Waals surface area contributed by atoms with Crippen molar-refractivity contribution in [2.24, 2.45) is 0 Å². The van der Waals surface area contributed by atoms with E-state index in [0.717, 1.165) is 11.1 Å². The molecule has 3 aromatic rings. The Balaban J connectivity index is 1.76. The van der Waals surface area contributed by atoms with Crippen LogP contribution in [0.25, 0.3) is 0 Å². The summed E-state index contributed by atoms with van der Waals surface area (Å²) in [5.74, 6) is 0.215. The fourth-order valence-electron chi connectivity index (χ4n) is 3.26. The van der Waals surface area contributed by atoms with Crippen molar-refractivity contribution in [1.82, 2.24) is 4.90 Å². The van der Waals surface area contributed by atoms with E-state index in [-0.39, 0.29) is 10.8 Å². The second-order valence-electron chi connectivity index (χ2n) is 8.01. The molecule has 0 saturated carbocycles. The Hall–Kier alpha value is -3.12. The van der Waals surface area contributed by atoms with Crippen molar-refractivity contribution in [3.63, 3.8) is 0 Å². The number of rotatable bonds is 7. The standard InChI is InChI=1S/C25H28N2O3S/c1-18(2)21-14-12-20(13-15-21)17-27(4)25(28)22-9-7-10-23(16-22)31(29,30)26-24-11-6-5-8-19(24)3/h5-16,18,26H,17H2,1-4H3. The molecule has 0 fully saturated rings. The maximum Gasteiger partial charge on any atom is 0.261 e. The highest BCUT2D eigenvalue weighted by Crippen LogP contribution is 2.21. The average Bonchev–Trinajstić information content (AvgIpc) is 2.75. The van der Waals surface area contributed by atoms with E-state index in [1.54, 1.807) is 36.2 Å². The van der Waals surface area contributed by atoms with Gasteiger partial charge < -0.3 is 4.90 Å². The molecule has 5 nitrogen and oxygen atoms in total. The zero-order chi connectivity index (χ0) is 22.6. The summed E-state index contributed by atoms with van der Waals surface area (Å²) in [7, 11) is -2.10. The van der Waals surface area contributed by atoms with Crippen LogP contribution >= 0.6 is 0 Å². The van der Waals surface area contributed by atoms with E-state index in [1.807, 2.05) is 31.2 Å². The Labute approximate surface area is 184 Å². The zero-order valence-electron chi connectivity index (χ0n) is 18.3. The van der Waals surface area contributed by atoms with Gasteiger partial charge in [-0.2, -0.15) is 0 Å². The summed E-state index contributed by atoms with van der Waals surface area (Å²) >= 11 is 0. The molecule has 0 spiro atoms. The summed E-state index contributed by atoms with van der Waals surface area (Å²) < 4.78 is 28.3. The van der Waals surface area contributed by atoms with E-state index in [0.29, 0.717) is 23.7 Å². The van der Waals surface area contributed by atoms with Gasteiger partial charge in [0.2, 0.25) is 0 Å². The number of anilines is 1. The molecule has 31 heavy (non-hydrogen) atoms. The molecule has 0 atom stereocenters. The first-order valence-electron chi connectivity index (χ1n) is 10.2. The first-order chi connectivity index (χ1) is 14.7. The number of nitrogens with one attached hydrogen (secondary N) is 1. The van der Waals surface area contributed by atoms with Gasteiger partial charge >= 0.3 is 0 Å². The number of nitrogens with zero attached hydrogens (tertiary/aromatic N) is 1. The smallest absolute Gasteiger partial charge is 0.261 e. The second kappa shape index (κ2) is 9.35. The number of sulfonamides is 1. The van der Waals surface area contributed by atoms with E-state index in [4.69, 9.17) is 0 Å². The molecular weight excluding hydrogens is 408 g/mol. The molecule has 0 radical (unpaired) electrons. The van der Waals surface area contributed by atoms with Gasteiger partial charge in [0.15, 0.2) is 0 Å². The van der Waals surface area contributed by atoms with Crippen molar-refractivity contribution >= 4 is 21.6 Å². The first kappa shape index (κ1) is 22.6. The van der Waals surface area contributed by atoms with Crippen molar-refractivity contribution in [2.75, 3.05) is 11.8 Å². The van der Waals surface area contributed by atoms with Crippen LogP contribution in [0.4, 0.5) is 5.69 Å². The van der Waals surface area contributed by atoms with Crippen LogP contribution in [0.1, 0.15) is 46.8 Å². The lowest BCUT2D eigenvalue weighted by molar-refractivity contribution is 0.0785. The lowest BCUT2D eigenvalue weighted by atomic mass is 10.0. The minimum Gasteiger partial charge on any atom is -0.337 e. The predicted octanol–water partition coefficient (Wildman–Crippen LogP) is 5.19. The minimum atomic E-state index is -3.81. The third kappa shape index (κ3) is 5.52. The van der Waals surface area contributed by atoms with Gasteiger partial charge in [-0.25, -0.2) is 8.42 Å². The largest absolute Gasteiger partial charge is 0.337 e. The lowest BCUT2D eigenvalue weighted by Crippen LogP contribution is -2.26. The molecule has 1 amide bonds. The van der Waals surface area contributed by atoms with Crippen molar-refractivity contribution in [3.05, 3.63) is 95.1 Å². The van der Waals surface area contributed by atoms with Crippen LogP contribution in [0.2, 0.25) is 0 Å². The number of benzene rings is 3. The van der Waals surface area contributed by atoms with Crippen LogP contribution in [0, 0.1) is 6.92 Å². The highest BCUT2D eigenvalue weighted by molar-refractivity contribution is 7.92. The van der Waals surface area contributed by atoms with E-state index in [1.165, 1.54) is 17.7 Å². The minimum absolute atomic E-state index is 0.0521. The molecule has 162 valence electrons. The summed E-state index contributed by atoms with van der Waals surface area (Å²) in [5, 5.41) is 0. The Morgan fingerprint density at radius 1 is 0.968 bits per heavy atom. The SMILES string of the molecule is Cc1ccccc1NS(=O)(=O)c1cccc(C(=O)N(C)Cc2ccc(C(C)C)cc2)c1. The van der Waals surface area contributed by atoms with Gasteiger partial charge in [-0.3, -0.25) is 9.52 Å². The topological polar surface area (TPSA) is 66.5 Å². The third-order valence-electron chi connectivity index (χ3n) is 5.19. The van der Waals surface area contributed by atoms with Crippen LogP contribution in [0.15, 0.2) is 77.7 Å². The molecular formula is C25H28N2O3S. The van der Waals surface area contributed by atoms with Crippen LogP contribution < -0.4 is 4.72 Å². The normalized spacial score (nSPS) is 11.4. The molecule has 0 aromatic heterocycles. The molecule has 0 bridgehead atoms. The average molecular weight is 437 g/mol. The number of amides is 1. The molecule has 3 aromatic carbocycles. The fourth-order valence-corrected chi connectivity index (χ4v) is 4.44. The van der Waals surface area contributed by atoms with E-state index >= 15 is 0 Å². The van der Waals surface area contributed by atoms with Crippen LogP contribution in [-0.2, 0) is 16.6 Å². The van der Waals surface area contributed by atoms with Gasteiger partial charge in [0, 0.05) is 19.2 Å². The third-order valence-corrected chi connectivity index (χ3v) is 6.56. The van der Waals surface area contributed by atoms with Crippen molar-refractivity contribution in [2.45, 2.75) is 38.1 Å². The van der Waals surface area contributed by atoms with Crippen molar-refractivity contribution in [1.29, 1.82) is 0 Å². The maximum atomic E-state index is 12.9. The number of aryl methyl sites for hydroxylation is 1. The van der Waals surface area contributed by atoms with Crippen molar-refractivity contribution < 1.29 is 13.2 Å². The highest BCUT2D eigenvalue weighted by atomic mass is 32.2. The van der Waals surface area contributed by atoms with E-state index in [2.05, 4.69) is 30.7 Å². The summed E-state index contributed by atoms with van der Waals surface area (Å²) in [6, 6.07) is 21.5. The monoisotopic (exact) mass is 436 g/mol. The zero-order valence-corrected chi connectivity index (χ0v) is 19.1. The number of carbonyl (C=O) groups excluding carboxylic acids is 1. The molecule has 0 saturated heterocycles. The van der Waals surface area contributed by atoms with Crippen LogP contribution in [-0.4, -0.2) is 26.3 Å². The van der Waals surface area contributed by atoms with Gasteiger partial charge in [0.1, 0.15) is 0 Å². The van der Waals surface area contributed by atoms with Crippen LogP contribution in [0.5, 0.6) is 0 Å². The molecule has 0 unspecified atom stereocenters. The molecule has 0 aliphatic carbocycles. The molecule has 0 aliphatic rings. The first-order valence-corrected chi connectivity index (χ1v) is 11.7. The van der Waals surface area contributed by atoms with Gasteiger partial charge in [-0.1, -0.05) is 62.4 Å². The number of hydrogen-bond donors (Lipinski definition) is 1. The molecule has 6 heteroatoms. The Morgan fingerprint density at radius 2 is 1.65 bits per heavy atom. The number of para-hydroxylation sites is 1. The maximum absolute atomic E-state index is 12.9. The quantitative estimate of drug-likeness (QED) is 0.554. The summed E-state index contributed by atoms with van der Waals surface area (Å²) in [6.45, 7) is 6.55. The summed E-state index contributed by atoms with van der Waals surface area (Å²) in [4.78, 5) is 14.6. The fraction of sp³-hybridized carbons (Fsp3) is 0.240. The predicted molar refractivity (Wildman–Crippen MR) is 125 cm³/mol. The van der Waals surface area contributed by atoms with Crippen LogP contribution in [0.3, 0.4) is 0 Å². The Kier molecular flexibility index (Phi) is 6.81. The molecule has 3 rings (SSSR count).